The van der Waals surface area contributed by atoms with Gasteiger partial charge in [-0.15, -0.1) is 0 Å². The molecule has 110 valence electrons. The van der Waals surface area contributed by atoms with Gasteiger partial charge in [0.2, 0.25) is 0 Å². The van der Waals surface area contributed by atoms with E-state index in [9.17, 15) is 4.79 Å². The molecule has 4 heteroatoms. The lowest BCUT2D eigenvalue weighted by molar-refractivity contribution is -0.147. The Hall–Kier alpha value is -1.42. The van der Waals surface area contributed by atoms with E-state index < -0.39 is 0 Å². The molecular formula is C16H24N2O2. The third kappa shape index (κ3) is 3.57. The molecule has 1 aliphatic rings. The quantitative estimate of drug-likeness (QED) is 0.775. The number of hydrogen-bond acceptors (Lipinski definition) is 4. The summed E-state index contributed by atoms with van der Waals surface area (Å²) in [5.41, 5.74) is 0.921. The van der Waals surface area contributed by atoms with Crippen LogP contribution >= 0.6 is 0 Å². The Morgan fingerprint density at radius 2 is 2.35 bits per heavy atom. The Morgan fingerprint density at radius 1 is 1.55 bits per heavy atom. The molecule has 0 amide bonds. The van der Waals surface area contributed by atoms with Crippen molar-refractivity contribution in [2.75, 3.05) is 20.2 Å². The van der Waals surface area contributed by atoms with Gasteiger partial charge in [0.15, 0.2) is 0 Å². The number of carbonyl (C=O) groups excluding carboxylic acids is 1. The van der Waals surface area contributed by atoms with Crippen LogP contribution in [0.5, 0.6) is 0 Å². The van der Waals surface area contributed by atoms with Gasteiger partial charge >= 0.3 is 5.97 Å². The van der Waals surface area contributed by atoms with Crippen LogP contribution in [0.2, 0.25) is 0 Å². The molecule has 1 fully saturated rings. The number of carbonyl (C=O) groups is 1. The summed E-state index contributed by atoms with van der Waals surface area (Å²) < 4.78 is 4.99. The van der Waals surface area contributed by atoms with Gasteiger partial charge in [-0.1, -0.05) is 19.9 Å². The van der Waals surface area contributed by atoms with Gasteiger partial charge in [-0.25, -0.2) is 4.79 Å². The fourth-order valence-corrected chi connectivity index (χ4v) is 3.10. The molecule has 20 heavy (non-hydrogen) atoms. The Bertz CT molecular complexity index is 433. The second-order valence-corrected chi connectivity index (χ2v) is 5.99. The SMILES string of the molecule is COC(=O)[C@H](c1cccnc1)N1CC[C@H](CC(C)C)C1. The first-order valence-corrected chi connectivity index (χ1v) is 7.33. The number of aromatic nitrogens is 1. The van der Waals surface area contributed by atoms with Gasteiger partial charge in [0, 0.05) is 18.9 Å². The highest BCUT2D eigenvalue weighted by atomic mass is 16.5. The first-order chi connectivity index (χ1) is 9.61. The zero-order chi connectivity index (χ0) is 14.5. The van der Waals surface area contributed by atoms with E-state index in [0.717, 1.165) is 25.1 Å². The topological polar surface area (TPSA) is 42.4 Å². The lowest BCUT2D eigenvalue weighted by Gasteiger charge is -2.26. The van der Waals surface area contributed by atoms with Crippen molar-refractivity contribution in [1.29, 1.82) is 0 Å². The Morgan fingerprint density at radius 3 is 2.95 bits per heavy atom. The molecule has 1 aliphatic heterocycles. The standard InChI is InChI=1S/C16H24N2O2/c1-12(2)9-13-6-8-18(11-13)15(16(19)20-3)14-5-4-7-17-10-14/h4-5,7,10,12-13,15H,6,8-9,11H2,1-3H3/t13-,15+/m1/s1. The van der Waals surface area contributed by atoms with Crippen molar-refractivity contribution in [3.05, 3.63) is 30.1 Å². The summed E-state index contributed by atoms with van der Waals surface area (Å²) in [6.07, 6.45) is 5.87. The van der Waals surface area contributed by atoms with Crippen LogP contribution in [0, 0.1) is 11.8 Å². The summed E-state index contributed by atoms with van der Waals surface area (Å²) in [6.45, 7) is 6.42. The summed E-state index contributed by atoms with van der Waals surface area (Å²) in [4.78, 5) is 18.5. The molecular weight excluding hydrogens is 252 g/mol. The van der Waals surface area contributed by atoms with E-state index in [1.807, 2.05) is 12.1 Å². The third-order valence-electron chi connectivity index (χ3n) is 3.91. The van der Waals surface area contributed by atoms with E-state index in [0.29, 0.717) is 11.8 Å². The van der Waals surface area contributed by atoms with E-state index >= 15 is 0 Å². The van der Waals surface area contributed by atoms with Crippen molar-refractivity contribution in [2.24, 2.45) is 11.8 Å². The maximum atomic E-state index is 12.1. The lowest BCUT2D eigenvalue weighted by Crippen LogP contribution is -2.33. The highest BCUT2D eigenvalue weighted by Gasteiger charge is 2.34. The normalized spacial score (nSPS) is 21.1. The molecule has 2 rings (SSSR count). The molecule has 0 saturated carbocycles. The van der Waals surface area contributed by atoms with Crippen molar-refractivity contribution in [1.82, 2.24) is 9.88 Å². The van der Waals surface area contributed by atoms with Gasteiger partial charge in [0.1, 0.15) is 6.04 Å². The average molecular weight is 276 g/mol. The maximum absolute atomic E-state index is 12.1. The highest BCUT2D eigenvalue weighted by Crippen LogP contribution is 2.31. The van der Waals surface area contributed by atoms with Crippen molar-refractivity contribution in [2.45, 2.75) is 32.7 Å². The fourth-order valence-electron chi connectivity index (χ4n) is 3.10. The molecule has 0 aliphatic carbocycles. The maximum Gasteiger partial charge on any atom is 0.327 e. The molecule has 1 aromatic heterocycles. The minimum atomic E-state index is -0.314. The van der Waals surface area contributed by atoms with Gasteiger partial charge in [0.25, 0.3) is 0 Å². The summed E-state index contributed by atoms with van der Waals surface area (Å²) in [5.74, 6) is 1.19. The third-order valence-corrected chi connectivity index (χ3v) is 3.91. The van der Waals surface area contributed by atoms with E-state index in [1.54, 1.807) is 12.4 Å². The molecule has 0 radical (unpaired) electrons. The summed E-state index contributed by atoms with van der Waals surface area (Å²) in [5, 5.41) is 0. The molecule has 0 bridgehead atoms. The number of rotatable bonds is 5. The van der Waals surface area contributed by atoms with E-state index in [-0.39, 0.29) is 12.0 Å². The van der Waals surface area contributed by atoms with Crippen LogP contribution in [0.4, 0.5) is 0 Å². The van der Waals surface area contributed by atoms with Crippen LogP contribution in [-0.4, -0.2) is 36.1 Å². The van der Waals surface area contributed by atoms with E-state index in [1.165, 1.54) is 13.5 Å². The monoisotopic (exact) mass is 276 g/mol. The van der Waals surface area contributed by atoms with Crippen molar-refractivity contribution >= 4 is 5.97 Å². The first-order valence-electron chi connectivity index (χ1n) is 7.33. The molecule has 2 atom stereocenters. The zero-order valence-electron chi connectivity index (χ0n) is 12.6. The molecule has 1 aromatic rings. The zero-order valence-corrected chi connectivity index (χ0v) is 12.6. The van der Waals surface area contributed by atoms with E-state index in [2.05, 4.69) is 23.7 Å². The number of pyridine rings is 1. The molecule has 0 spiro atoms. The number of ether oxygens (including phenoxy) is 1. The van der Waals surface area contributed by atoms with Crippen molar-refractivity contribution < 1.29 is 9.53 Å². The summed E-state index contributed by atoms with van der Waals surface area (Å²) in [6, 6.07) is 3.50. The predicted molar refractivity (Wildman–Crippen MR) is 78.1 cm³/mol. The van der Waals surface area contributed by atoms with Gasteiger partial charge in [-0.3, -0.25) is 9.88 Å². The fraction of sp³-hybridized carbons (Fsp3) is 0.625. The van der Waals surface area contributed by atoms with Crippen molar-refractivity contribution in [3.8, 4) is 0 Å². The molecule has 2 heterocycles. The number of likely N-dealkylation sites (tertiary alicyclic amines) is 1. The second kappa shape index (κ2) is 6.84. The molecule has 0 unspecified atom stereocenters. The van der Waals surface area contributed by atoms with Crippen LogP contribution in [0.25, 0.3) is 0 Å². The molecule has 0 N–H and O–H groups in total. The van der Waals surface area contributed by atoms with Gasteiger partial charge in [0.05, 0.1) is 7.11 Å². The second-order valence-electron chi connectivity index (χ2n) is 5.99. The summed E-state index contributed by atoms with van der Waals surface area (Å²) in [7, 11) is 1.45. The number of methoxy groups -OCH3 is 1. The number of esters is 1. The largest absolute Gasteiger partial charge is 0.468 e. The average Bonchev–Trinajstić information content (AvgIpc) is 2.87. The molecule has 0 aromatic carbocycles. The van der Waals surface area contributed by atoms with Crippen LogP contribution in [0.1, 0.15) is 38.3 Å². The molecule has 4 nitrogen and oxygen atoms in total. The van der Waals surface area contributed by atoms with Crippen molar-refractivity contribution in [3.63, 3.8) is 0 Å². The molecule has 1 saturated heterocycles. The Kier molecular flexibility index (Phi) is 5.12. The minimum Gasteiger partial charge on any atom is -0.468 e. The number of hydrogen-bond donors (Lipinski definition) is 0. The van der Waals surface area contributed by atoms with Crippen LogP contribution in [0.3, 0.4) is 0 Å². The Labute approximate surface area is 121 Å². The summed E-state index contributed by atoms with van der Waals surface area (Å²) >= 11 is 0. The lowest BCUT2D eigenvalue weighted by atomic mass is 9.96. The van der Waals surface area contributed by atoms with Crippen LogP contribution in [-0.2, 0) is 9.53 Å². The number of nitrogens with zero attached hydrogens (tertiary/aromatic N) is 2. The van der Waals surface area contributed by atoms with E-state index in [4.69, 9.17) is 4.74 Å². The highest BCUT2D eigenvalue weighted by molar-refractivity contribution is 5.77. The predicted octanol–water partition coefficient (Wildman–Crippen LogP) is 2.66. The minimum absolute atomic E-state index is 0.191. The van der Waals surface area contributed by atoms with Gasteiger partial charge in [-0.2, -0.15) is 0 Å². The Balaban J connectivity index is 2.11. The van der Waals surface area contributed by atoms with Crippen LogP contribution in [0.15, 0.2) is 24.5 Å². The van der Waals surface area contributed by atoms with Gasteiger partial charge in [-0.05, 0) is 42.9 Å². The first kappa shape index (κ1) is 15.0. The smallest absolute Gasteiger partial charge is 0.327 e. The van der Waals surface area contributed by atoms with Gasteiger partial charge < -0.3 is 4.74 Å². The van der Waals surface area contributed by atoms with Crippen LogP contribution < -0.4 is 0 Å².